The molecule has 3 aliphatic rings. The lowest BCUT2D eigenvalue weighted by Crippen LogP contribution is -2.66. The normalized spacial score (nSPS) is 24.7. The number of sulfonamides is 1. The lowest BCUT2D eigenvalue weighted by atomic mass is 10.0. The first kappa shape index (κ1) is 28.3. The van der Waals surface area contributed by atoms with Crippen molar-refractivity contribution in [2.24, 2.45) is 11.8 Å². The van der Waals surface area contributed by atoms with E-state index in [0.717, 1.165) is 37.8 Å². The summed E-state index contributed by atoms with van der Waals surface area (Å²) < 4.78 is 26.0. The fraction of sp³-hybridized carbons (Fsp3) is 0.607. The molecule has 10 heteroatoms. The van der Waals surface area contributed by atoms with E-state index in [2.05, 4.69) is 21.8 Å². The summed E-state index contributed by atoms with van der Waals surface area (Å²) in [6, 6.07) is 8.84. The minimum Gasteiger partial charge on any atom is -0.374 e. The second-order valence-corrected chi connectivity index (χ2v) is 13.4. The molecule has 2 saturated carbocycles. The van der Waals surface area contributed by atoms with Gasteiger partial charge >= 0.3 is 5.91 Å². The molecule has 4 rings (SSSR count). The number of quaternary nitrogens is 1. The van der Waals surface area contributed by atoms with Gasteiger partial charge in [0.25, 0.3) is 0 Å². The molecule has 1 heterocycles. The van der Waals surface area contributed by atoms with Crippen LogP contribution in [0.5, 0.6) is 0 Å². The maximum Gasteiger partial charge on any atom is 0.331 e. The van der Waals surface area contributed by atoms with Crippen molar-refractivity contribution in [2.45, 2.75) is 88.0 Å². The zero-order valence-corrected chi connectivity index (χ0v) is 23.0. The first-order valence-electron chi connectivity index (χ1n) is 13.8. The Kier molecular flexibility index (Phi) is 8.92. The van der Waals surface area contributed by atoms with E-state index >= 15 is 0 Å². The molecule has 0 spiro atoms. The van der Waals surface area contributed by atoms with E-state index in [1.54, 1.807) is 11.8 Å². The highest BCUT2D eigenvalue weighted by molar-refractivity contribution is 7.91. The first-order chi connectivity index (χ1) is 18.1. The third kappa shape index (κ3) is 7.02. The zero-order valence-electron chi connectivity index (χ0n) is 22.2. The molecule has 208 valence electrons. The zero-order chi connectivity index (χ0) is 27.3. The first-order valence-corrected chi connectivity index (χ1v) is 15.3. The van der Waals surface area contributed by atoms with Gasteiger partial charge in [-0.25, -0.2) is 13.2 Å². The van der Waals surface area contributed by atoms with Crippen molar-refractivity contribution >= 4 is 33.4 Å². The number of carbonyl (C=O) groups is 3. The maximum atomic E-state index is 13.3. The van der Waals surface area contributed by atoms with Gasteiger partial charge in [-0.2, -0.15) is 0 Å². The molecule has 3 fully saturated rings. The minimum absolute atomic E-state index is 0.0380. The Morgan fingerprint density at radius 1 is 1.16 bits per heavy atom. The molecule has 4 atom stereocenters. The van der Waals surface area contributed by atoms with Gasteiger partial charge in [-0.3, -0.25) is 20.0 Å². The van der Waals surface area contributed by atoms with E-state index in [9.17, 15) is 22.8 Å². The number of likely N-dealkylation sites (tertiary alicyclic amines) is 1. The lowest BCUT2D eigenvalue weighted by molar-refractivity contribution is -0.310. The monoisotopic (exact) mass is 545 g/mol. The summed E-state index contributed by atoms with van der Waals surface area (Å²) in [5, 5.41) is 3.37. The molecule has 0 aromatic heterocycles. The van der Waals surface area contributed by atoms with Gasteiger partial charge in [0.2, 0.25) is 21.8 Å². The van der Waals surface area contributed by atoms with E-state index in [0.29, 0.717) is 38.6 Å². The Balaban J connectivity index is 1.19. The van der Waals surface area contributed by atoms with Gasteiger partial charge in [0.05, 0.1) is 4.75 Å². The number of anilines is 1. The highest BCUT2D eigenvalue weighted by Crippen LogP contribution is 2.44. The summed E-state index contributed by atoms with van der Waals surface area (Å²) >= 11 is 0. The molecular weight excluding hydrogens is 504 g/mol. The Bertz CT molecular complexity index is 1150. The number of allylic oxidation sites excluding steroid dienone is 2. The number of benzene rings is 1. The van der Waals surface area contributed by atoms with Crippen molar-refractivity contribution in [3.05, 3.63) is 42.5 Å². The molecule has 38 heavy (non-hydrogen) atoms. The molecule has 1 saturated heterocycles. The number of unbranched alkanes of at least 4 members (excludes halogenated alkanes) is 3. The molecule has 0 unspecified atom stereocenters. The van der Waals surface area contributed by atoms with Gasteiger partial charge in [-0.15, -0.1) is 0 Å². The Morgan fingerprint density at radius 3 is 2.58 bits per heavy atom. The molecule has 3 amide bonds. The van der Waals surface area contributed by atoms with Gasteiger partial charge < -0.3 is 10.2 Å². The lowest BCUT2D eigenvalue weighted by Gasteiger charge is -2.27. The van der Waals surface area contributed by atoms with E-state index in [1.165, 1.54) is 0 Å². The average Bonchev–Trinajstić information content (AvgIpc) is 3.78. The van der Waals surface area contributed by atoms with Crippen LogP contribution in [0.15, 0.2) is 42.5 Å². The molecule has 9 nitrogen and oxygen atoms in total. The summed E-state index contributed by atoms with van der Waals surface area (Å²) in [7, 11) is -3.57. The number of nitrogens with one attached hydrogen (secondary N) is 2. The topological polar surface area (TPSA) is 140 Å². The highest BCUT2D eigenvalue weighted by Gasteiger charge is 2.52. The van der Waals surface area contributed by atoms with Crippen molar-refractivity contribution in [3.8, 4) is 0 Å². The quantitative estimate of drug-likeness (QED) is 0.242. The van der Waals surface area contributed by atoms with Gasteiger partial charge in [-0.05, 0) is 76.3 Å². The Labute approximate surface area is 225 Å². The fourth-order valence-corrected chi connectivity index (χ4v) is 6.42. The predicted octanol–water partition coefficient (Wildman–Crippen LogP) is 2.37. The van der Waals surface area contributed by atoms with E-state index in [-0.39, 0.29) is 29.6 Å². The van der Waals surface area contributed by atoms with Crippen molar-refractivity contribution in [1.29, 1.82) is 0 Å². The Hall–Kier alpha value is -2.72. The molecular formula is C28H41N4O5S+. The maximum absolute atomic E-state index is 13.3. The standard InChI is InChI=1S/C28H40N4O5S/c1-28(16-17-28)38(36,37)31-26(34)22-19-20(22)11-6-3-2-4-9-14-23(30-21-12-7-5-8-13-21)27(35)32-18-10-15-24(32)25(29)33/h5-8,11-13,20,22-24,30H,2-4,9-10,14-19H2,1H3,(H2,29,33)(H,31,34)/p+1/b11-6-/t20-,22+,23+,24+/m1/s1. The van der Waals surface area contributed by atoms with Crippen molar-refractivity contribution in [1.82, 2.24) is 9.62 Å². The number of rotatable bonds is 14. The smallest absolute Gasteiger partial charge is 0.331 e. The van der Waals surface area contributed by atoms with E-state index < -0.39 is 26.9 Å². The molecule has 1 aromatic carbocycles. The van der Waals surface area contributed by atoms with Crippen molar-refractivity contribution < 1.29 is 28.5 Å². The largest absolute Gasteiger partial charge is 0.374 e. The van der Waals surface area contributed by atoms with Crippen LogP contribution in [0.2, 0.25) is 0 Å². The second-order valence-electron chi connectivity index (χ2n) is 11.2. The predicted molar refractivity (Wildman–Crippen MR) is 145 cm³/mol. The van der Waals surface area contributed by atoms with Crippen LogP contribution in [-0.2, 0) is 24.4 Å². The summed E-state index contributed by atoms with van der Waals surface area (Å²) in [5.74, 6) is -0.758. The number of carbonyl (C=O) groups excluding carboxylic acids is 3. The van der Waals surface area contributed by atoms with Crippen LogP contribution in [0.3, 0.4) is 0 Å². The third-order valence-electron chi connectivity index (χ3n) is 8.08. The minimum atomic E-state index is -3.57. The fourth-order valence-electron chi connectivity index (χ4n) is 5.12. The summed E-state index contributed by atoms with van der Waals surface area (Å²) in [6.07, 6.45) is 11.8. The molecule has 5 N–H and O–H groups in total. The third-order valence-corrected chi connectivity index (χ3v) is 10.3. The molecule has 1 aromatic rings. The van der Waals surface area contributed by atoms with Gasteiger partial charge in [0.15, 0.2) is 0 Å². The van der Waals surface area contributed by atoms with Crippen LogP contribution < -0.4 is 15.8 Å². The number of para-hydroxylation sites is 1. The van der Waals surface area contributed by atoms with Gasteiger partial charge in [0.1, 0.15) is 12.1 Å². The highest BCUT2D eigenvalue weighted by atomic mass is 32.2. The number of amides is 3. The summed E-state index contributed by atoms with van der Waals surface area (Å²) in [6.45, 7) is 2.27. The summed E-state index contributed by atoms with van der Waals surface area (Å²) in [4.78, 5) is 39.3. The van der Waals surface area contributed by atoms with Crippen LogP contribution >= 0.6 is 0 Å². The molecule has 0 bridgehead atoms. The SMILES string of the molecule is CC1(S(=O)(=O)NC(=O)[C@H]2C[C@H]2/C=C\CCCCC[C@H](Nc2ccccc2)C(=O)N2CCC[C@H]2C([NH3+])=O)CC1. The van der Waals surface area contributed by atoms with Gasteiger partial charge in [0, 0.05) is 18.2 Å². The van der Waals surface area contributed by atoms with Crippen LogP contribution in [0.4, 0.5) is 5.69 Å². The van der Waals surface area contributed by atoms with Crippen molar-refractivity contribution in [3.63, 3.8) is 0 Å². The van der Waals surface area contributed by atoms with Crippen LogP contribution in [0, 0.1) is 11.8 Å². The number of hydrogen-bond donors (Lipinski definition) is 3. The molecule has 0 radical (unpaired) electrons. The molecule has 1 aliphatic heterocycles. The van der Waals surface area contributed by atoms with Crippen LogP contribution in [0.1, 0.15) is 71.1 Å². The number of nitrogens with zero attached hydrogens (tertiary/aromatic N) is 1. The van der Waals surface area contributed by atoms with Gasteiger partial charge in [-0.1, -0.05) is 43.2 Å². The summed E-state index contributed by atoms with van der Waals surface area (Å²) in [5.41, 5.74) is 4.43. The van der Waals surface area contributed by atoms with E-state index in [1.807, 2.05) is 36.4 Å². The van der Waals surface area contributed by atoms with Crippen LogP contribution in [0.25, 0.3) is 0 Å². The Morgan fingerprint density at radius 2 is 1.89 bits per heavy atom. The van der Waals surface area contributed by atoms with Crippen molar-refractivity contribution in [2.75, 3.05) is 11.9 Å². The number of hydrogen-bond acceptors (Lipinski definition) is 6. The second kappa shape index (κ2) is 12.0. The van der Waals surface area contributed by atoms with Crippen LogP contribution in [-0.4, -0.2) is 54.4 Å². The van der Waals surface area contributed by atoms with E-state index in [4.69, 9.17) is 0 Å². The average molecular weight is 546 g/mol. The molecule has 2 aliphatic carbocycles.